The summed E-state index contributed by atoms with van der Waals surface area (Å²) in [6.45, 7) is 3.61. The molecule has 6 nitrogen and oxygen atoms in total. The van der Waals surface area contributed by atoms with E-state index in [-0.39, 0.29) is 28.1 Å². The Hall–Kier alpha value is -1.63. The number of hydrogen-bond acceptors (Lipinski definition) is 6. The zero-order valence-corrected chi connectivity index (χ0v) is 9.08. The molecular weight excluding hydrogens is 216 g/mol. The number of aromatic nitrogens is 3. The van der Waals surface area contributed by atoms with Crippen LogP contribution in [-0.4, -0.2) is 19.7 Å². The number of nitrogens with zero attached hydrogens (tertiary/aromatic N) is 3. The minimum Gasteiger partial charge on any atom is -0.493 e. The standard InChI is InChI=1S/C8H10N4O2S/c1-3(2)4-5(13)10-8-12(6(4)14)11-7(9)15-8/h3,13H,1-2H3,(H2,9,11). The van der Waals surface area contributed by atoms with E-state index in [1.54, 1.807) is 13.8 Å². The summed E-state index contributed by atoms with van der Waals surface area (Å²) in [6.07, 6.45) is 0. The molecule has 0 saturated carbocycles. The Balaban J connectivity index is 2.89. The maximum atomic E-state index is 11.9. The van der Waals surface area contributed by atoms with Crippen molar-refractivity contribution in [1.82, 2.24) is 14.6 Å². The van der Waals surface area contributed by atoms with Gasteiger partial charge in [-0.3, -0.25) is 4.79 Å². The number of anilines is 1. The van der Waals surface area contributed by atoms with Crippen molar-refractivity contribution < 1.29 is 5.11 Å². The molecule has 0 saturated heterocycles. The van der Waals surface area contributed by atoms with Gasteiger partial charge in [0.1, 0.15) is 0 Å². The van der Waals surface area contributed by atoms with Gasteiger partial charge < -0.3 is 10.8 Å². The van der Waals surface area contributed by atoms with Crippen LogP contribution >= 0.6 is 11.3 Å². The van der Waals surface area contributed by atoms with Crippen LogP contribution in [0.4, 0.5) is 5.13 Å². The Morgan fingerprint density at radius 3 is 2.80 bits per heavy atom. The first kappa shape index (κ1) is 9.91. The highest BCUT2D eigenvalue weighted by atomic mass is 32.1. The molecule has 0 aliphatic heterocycles. The van der Waals surface area contributed by atoms with E-state index in [9.17, 15) is 9.90 Å². The molecule has 3 N–H and O–H groups in total. The summed E-state index contributed by atoms with van der Waals surface area (Å²) < 4.78 is 1.12. The molecule has 2 aromatic heterocycles. The largest absolute Gasteiger partial charge is 0.493 e. The lowest BCUT2D eigenvalue weighted by atomic mass is 10.1. The normalized spacial score (nSPS) is 11.4. The lowest BCUT2D eigenvalue weighted by Gasteiger charge is -2.05. The number of aromatic hydroxyl groups is 1. The molecule has 0 fully saturated rings. The van der Waals surface area contributed by atoms with Gasteiger partial charge in [-0.2, -0.15) is 9.50 Å². The fourth-order valence-electron chi connectivity index (χ4n) is 1.37. The van der Waals surface area contributed by atoms with Crippen LogP contribution in [-0.2, 0) is 0 Å². The maximum absolute atomic E-state index is 11.9. The number of nitrogens with two attached hydrogens (primary N) is 1. The molecule has 0 amide bonds. The third kappa shape index (κ3) is 1.44. The first-order valence-corrected chi connectivity index (χ1v) is 5.20. The van der Waals surface area contributed by atoms with E-state index in [4.69, 9.17) is 5.73 Å². The van der Waals surface area contributed by atoms with Crippen molar-refractivity contribution in [3.05, 3.63) is 15.9 Å². The highest BCUT2D eigenvalue weighted by Gasteiger charge is 2.17. The van der Waals surface area contributed by atoms with Crippen molar-refractivity contribution in [3.63, 3.8) is 0 Å². The minimum atomic E-state index is -0.361. The highest BCUT2D eigenvalue weighted by molar-refractivity contribution is 7.20. The summed E-state index contributed by atoms with van der Waals surface area (Å²) in [6, 6.07) is 0. The van der Waals surface area contributed by atoms with Gasteiger partial charge in [-0.15, -0.1) is 5.10 Å². The molecule has 0 spiro atoms. The molecule has 0 aliphatic carbocycles. The third-order valence-electron chi connectivity index (χ3n) is 2.02. The fourth-order valence-corrected chi connectivity index (χ4v) is 2.02. The van der Waals surface area contributed by atoms with Gasteiger partial charge in [-0.05, 0) is 5.92 Å². The van der Waals surface area contributed by atoms with Crippen LogP contribution in [0.25, 0.3) is 4.96 Å². The van der Waals surface area contributed by atoms with Crippen LogP contribution in [0.3, 0.4) is 0 Å². The first-order chi connectivity index (χ1) is 7.00. The maximum Gasteiger partial charge on any atom is 0.282 e. The lowest BCUT2D eigenvalue weighted by Crippen LogP contribution is -2.20. The molecule has 0 radical (unpaired) electrons. The number of fused-ring (bicyclic) bond motifs is 1. The Kier molecular flexibility index (Phi) is 2.11. The summed E-state index contributed by atoms with van der Waals surface area (Å²) >= 11 is 1.06. The molecule has 15 heavy (non-hydrogen) atoms. The van der Waals surface area contributed by atoms with E-state index in [1.807, 2.05) is 0 Å². The topological polar surface area (TPSA) is 93.5 Å². The van der Waals surface area contributed by atoms with E-state index >= 15 is 0 Å². The fraction of sp³-hybridized carbons (Fsp3) is 0.375. The Labute approximate surface area is 89.0 Å². The van der Waals surface area contributed by atoms with Crippen molar-refractivity contribution in [1.29, 1.82) is 0 Å². The second-order valence-electron chi connectivity index (χ2n) is 3.44. The summed E-state index contributed by atoms with van der Waals surface area (Å²) in [5.41, 5.74) is 5.36. The van der Waals surface area contributed by atoms with Crippen LogP contribution in [0.5, 0.6) is 5.88 Å². The second kappa shape index (κ2) is 3.20. The Bertz CT molecular complexity index is 572. The molecule has 0 atom stereocenters. The monoisotopic (exact) mass is 226 g/mol. The summed E-state index contributed by atoms with van der Waals surface area (Å²) in [4.78, 5) is 16.0. The molecule has 0 aromatic carbocycles. The quantitative estimate of drug-likeness (QED) is 0.741. The van der Waals surface area contributed by atoms with Gasteiger partial charge in [0.05, 0.1) is 5.56 Å². The molecule has 2 rings (SSSR count). The van der Waals surface area contributed by atoms with Crippen LogP contribution in [0.2, 0.25) is 0 Å². The molecule has 2 aromatic rings. The molecule has 0 aliphatic rings. The average molecular weight is 226 g/mol. The molecule has 0 bridgehead atoms. The zero-order chi connectivity index (χ0) is 11.2. The van der Waals surface area contributed by atoms with E-state index in [0.717, 1.165) is 15.9 Å². The molecule has 0 unspecified atom stereocenters. The van der Waals surface area contributed by atoms with Crippen LogP contribution in [0, 0.1) is 0 Å². The predicted octanol–water partition coefficient (Wildman–Crippen LogP) is 0.562. The van der Waals surface area contributed by atoms with Crippen molar-refractivity contribution in [3.8, 4) is 5.88 Å². The van der Waals surface area contributed by atoms with E-state index < -0.39 is 0 Å². The summed E-state index contributed by atoms with van der Waals surface area (Å²) in [5, 5.41) is 13.7. The van der Waals surface area contributed by atoms with Gasteiger partial charge in [0, 0.05) is 0 Å². The first-order valence-electron chi connectivity index (χ1n) is 4.39. The smallest absolute Gasteiger partial charge is 0.282 e. The highest BCUT2D eigenvalue weighted by Crippen LogP contribution is 2.22. The second-order valence-corrected chi connectivity index (χ2v) is 4.43. The number of rotatable bonds is 1. The van der Waals surface area contributed by atoms with Gasteiger partial charge in [0.15, 0.2) is 0 Å². The molecule has 7 heteroatoms. The van der Waals surface area contributed by atoms with Crippen molar-refractivity contribution >= 4 is 21.4 Å². The predicted molar refractivity (Wildman–Crippen MR) is 57.3 cm³/mol. The summed E-state index contributed by atoms with van der Waals surface area (Å²) in [5.74, 6) is -0.344. The Morgan fingerprint density at radius 2 is 2.20 bits per heavy atom. The summed E-state index contributed by atoms with van der Waals surface area (Å²) in [7, 11) is 0. The molecule has 2 heterocycles. The van der Waals surface area contributed by atoms with Crippen LogP contribution in [0.1, 0.15) is 25.3 Å². The number of nitrogen functional groups attached to an aromatic ring is 1. The van der Waals surface area contributed by atoms with E-state index in [2.05, 4.69) is 10.1 Å². The SMILES string of the molecule is CC(C)c1c(O)nc2sc(N)nn2c1=O. The van der Waals surface area contributed by atoms with E-state index in [0.29, 0.717) is 4.96 Å². The number of hydrogen-bond donors (Lipinski definition) is 2. The third-order valence-corrected chi connectivity index (χ3v) is 2.76. The van der Waals surface area contributed by atoms with Crippen molar-refractivity contribution in [2.75, 3.05) is 5.73 Å². The molecular formula is C8H10N4O2S. The van der Waals surface area contributed by atoms with Gasteiger partial charge in [-0.25, -0.2) is 0 Å². The van der Waals surface area contributed by atoms with Crippen LogP contribution in [0.15, 0.2) is 4.79 Å². The Morgan fingerprint density at radius 1 is 1.53 bits per heavy atom. The van der Waals surface area contributed by atoms with Crippen LogP contribution < -0.4 is 11.3 Å². The molecule has 80 valence electrons. The minimum absolute atomic E-state index is 0.107. The van der Waals surface area contributed by atoms with Crippen molar-refractivity contribution in [2.45, 2.75) is 19.8 Å². The van der Waals surface area contributed by atoms with Gasteiger partial charge in [0.2, 0.25) is 16.0 Å². The van der Waals surface area contributed by atoms with Gasteiger partial charge in [0.25, 0.3) is 5.56 Å². The van der Waals surface area contributed by atoms with E-state index in [1.165, 1.54) is 0 Å². The zero-order valence-electron chi connectivity index (χ0n) is 8.26. The average Bonchev–Trinajstić information content (AvgIpc) is 2.45. The van der Waals surface area contributed by atoms with Gasteiger partial charge >= 0.3 is 0 Å². The van der Waals surface area contributed by atoms with Gasteiger partial charge in [-0.1, -0.05) is 25.2 Å². The van der Waals surface area contributed by atoms with Crippen molar-refractivity contribution in [2.24, 2.45) is 0 Å². The lowest BCUT2D eigenvalue weighted by molar-refractivity contribution is 0.440.